The fourth-order valence-electron chi connectivity index (χ4n) is 4.07. The maximum absolute atomic E-state index is 13.1. The van der Waals surface area contributed by atoms with Gasteiger partial charge in [0.05, 0.1) is 23.9 Å². The molecule has 2 fully saturated rings. The third-order valence-electron chi connectivity index (χ3n) is 5.65. The number of aromatic nitrogens is 1. The van der Waals surface area contributed by atoms with Gasteiger partial charge in [0.1, 0.15) is 5.75 Å². The van der Waals surface area contributed by atoms with E-state index < -0.39 is 5.92 Å². The number of anilines is 1. The van der Waals surface area contributed by atoms with Crippen LogP contribution in [0.4, 0.5) is 5.69 Å². The fourth-order valence-corrected chi connectivity index (χ4v) is 4.07. The van der Waals surface area contributed by atoms with Crippen molar-refractivity contribution in [3.63, 3.8) is 0 Å². The number of amides is 3. The number of para-hydroxylation sites is 2. The van der Waals surface area contributed by atoms with Gasteiger partial charge in [0, 0.05) is 45.2 Å². The number of benzene rings is 1. The maximum Gasteiger partial charge on any atom is 0.292 e. The molecule has 2 aliphatic heterocycles. The summed E-state index contributed by atoms with van der Waals surface area (Å²) in [5.41, 5.74) is 1.35. The molecule has 164 valence electrons. The highest BCUT2D eigenvalue weighted by Crippen LogP contribution is 2.33. The van der Waals surface area contributed by atoms with Gasteiger partial charge in [-0.1, -0.05) is 17.3 Å². The zero-order valence-corrected chi connectivity index (χ0v) is 17.7. The molecule has 0 radical (unpaired) electrons. The van der Waals surface area contributed by atoms with E-state index in [0.717, 1.165) is 0 Å². The lowest BCUT2D eigenvalue weighted by Crippen LogP contribution is -2.52. The largest absolute Gasteiger partial charge is 0.492 e. The van der Waals surface area contributed by atoms with Crippen molar-refractivity contribution >= 4 is 23.4 Å². The summed E-state index contributed by atoms with van der Waals surface area (Å²) in [6, 6.07) is 8.99. The van der Waals surface area contributed by atoms with Crippen LogP contribution in [-0.2, 0) is 9.59 Å². The highest BCUT2D eigenvalue weighted by Gasteiger charge is 2.39. The van der Waals surface area contributed by atoms with Crippen molar-refractivity contribution in [1.29, 1.82) is 0 Å². The fraction of sp³-hybridized carbons (Fsp3) is 0.455. The molecule has 0 aliphatic carbocycles. The molecule has 0 bridgehead atoms. The Morgan fingerprint density at radius 1 is 1.16 bits per heavy atom. The normalized spacial score (nSPS) is 19.1. The summed E-state index contributed by atoms with van der Waals surface area (Å²) in [5, 5.41) is 3.75. The van der Waals surface area contributed by atoms with Crippen LogP contribution in [0.5, 0.6) is 5.75 Å². The highest BCUT2D eigenvalue weighted by molar-refractivity contribution is 6.01. The van der Waals surface area contributed by atoms with E-state index in [-0.39, 0.29) is 29.9 Å². The summed E-state index contributed by atoms with van der Waals surface area (Å²) >= 11 is 0. The van der Waals surface area contributed by atoms with Crippen molar-refractivity contribution in [1.82, 2.24) is 15.0 Å². The second-order valence-corrected chi connectivity index (χ2v) is 7.76. The minimum Gasteiger partial charge on any atom is -0.492 e. The van der Waals surface area contributed by atoms with E-state index in [1.54, 1.807) is 27.7 Å². The lowest BCUT2D eigenvalue weighted by Gasteiger charge is -2.35. The molecule has 3 heterocycles. The summed E-state index contributed by atoms with van der Waals surface area (Å²) < 4.78 is 10.7. The van der Waals surface area contributed by atoms with Gasteiger partial charge in [0.25, 0.3) is 5.91 Å². The first-order chi connectivity index (χ1) is 15.0. The van der Waals surface area contributed by atoms with Crippen molar-refractivity contribution < 1.29 is 23.6 Å². The number of carbonyl (C=O) groups excluding carboxylic acids is 3. The van der Waals surface area contributed by atoms with Crippen LogP contribution < -0.4 is 9.64 Å². The Hall–Kier alpha value is -3.36. The summed E-state index contributed by atoms with van der Waals surface area (Å²) in [5.74, 6) is 0.0969. The van der Waals surface area contributed by atoms with Gasteiger partial charge in [-0.25, -0.2) is 0 Å². The van der Waals surface area contributed by atoms with Gasteiger partial charge in [-0.3, -0.25) is 14.4 Å². The summed E-state index contributed by atoms with van der Waals surface area (Å²) in [7, 11) is 0. The van der Waals surface area contributed by atoms with E-state index in [1.165, 1.54) is 0 Å². The van der Waals surface area contributed by atoms with Crippen molar-refractivity contribution in [3.8, 4) is 5.75 Å². The molecule has 31 heavy (non-hydrogen) atoms. The molecule has 0 saturated carbocycles. The summed E-state index contributed by atoms with van der Waals surface area (Å²) in [6.07, 6.45) is 0.176. The van der Waals surface area contributed by atoms with Gasteiger partial charge in [0.15, 0.2) is 0 Å². The van der Waals surface area contributed by atoms with Crippen molar-refractivity contribution in [2.75, 3.05) is 44.2 Å². The van der Waals surface area contributed by atoms with E-state index in [4.69, 9.17) is 9.26 Å². The highest BCUT2D eigenvalue weighted by atomic mass is 16.5. The molecular weight excluding hydrogens is 400 g/mol. The minimum atomic E-state index is -0.402. The quantitative estimate of drug-likeness (QED) is 0.722. The van der Waals surface area contributed by atoms with Gasteiger partial charge >= 0.3 is 0 Å². The first-order valence-corrected chi connectivity index (χ1v) is 10.5. The monoisotopic (exact) mass is 426 g/mol. The minimum absolute atomic E-state index is 0.0488. The Kier molecular flexibility index (Phi) is 5.92. The Morgan fingerprint density at radius 3 is 2.55 bits per heavy atom. The van der Waals surface area contributed by atoms with Crippen LogP contribution in [0, 0.1) is 12.8 Å². The van der Waals surface area contributed by atoms with Crippen LogP contribution in [0.1, 0.15) is 29.6 Å². The van der Waals surface area contributed by atoms with Gasteiger partial charge in [-0.15, -0.1) is 0 Å². The molecule has 2 aliphatic rings. The Bertz CT molecular complexity index is 980. The maximum atomic E-state index is 13.1. The molecular formula is C22H26N4O5. The topological polar surface area (TPSA) is 96.2 Å². The van der Waals surface area contributed by atoms with Crippen LogP contribution in [0.25, 0.3) is 0 Å². The smallest absolute Gasteiger partial charge is 0.292 e. The lowest BCUT2D eigenvalue weighted by molar-refractivity contribution is -0.137. The standard InChI is InChI=1S/C22H26N4O5/c1-3-30-18-7-5-4-6-17(18)26-14-16(13-20(26)27)21(28)24-8-10-25(11-9-24)22(29)19-12-15(2)23-31-19/h4-7,12,16H,3,8-11,13-14H2,1-2H3. The molecule has 2 aromatic rings. The van der Waals surface area contributed by atoms with Gasteiger partial charge < -0.3 is 24.0 Å². The molecule has 1 atom stereocenters. The Labute approximate surface area is 180 Å². The predicted molar refractivity (Wildman–Crippen MR) is 112 cm³/mol. The molecule has 1 unspecified atom stereocenters. The third kappa shape index (κ3) is 4.26. The van der Waals surface area contributed by atoms with E-state index in [0.29, 0.717) is 56.5 Å². The van der Waals surface area contributed by atoms with Crippen LogP contribution >= 0.6 is 0 Å². The molecule has 0 spiro atoms. The van der Waals surface area contributed by atoms with Crippen LogP contribution in [0.3, 0.4) is 0 Å². The molecule has 4 rings (SSSR count). The van der Waals surface area contributed by atoms with Crippen molar-refractivity contribution in [2.24, 2.45) is 5.92 Å². The van der Waals surface area contributed by atoms with Gasteiger partial charge in [0.2, 0.25) is 17.6 Å². The third-order valence-corrected chi connectivity index (χ3v) is 5.65. The van der Waals surface area contributed by atoms with E-state index >= 15 is 0 Å². The van der Waals surface area contributed by atoms with Gasteiger partial charge in [-0.2, -0.15) is 0 Å². The van der Waals surface area contributed by atoms with Crippen molar-refractivity contribution in [3.05, 3.63) is 41.8 Å². The van der Waals surface area contributed by atoms with E-state index in [9.17, 15) is 14.4 Å². The number of carbonyl (C=O) groups is 3. The number of aryl methyl sites for hydroxylation is 1. The van der Waals surface area contributed by atoms with Crippen LogP contribution in [-0.4, -0.2) is 72.0 Å². The number of rotatable bonds is 5. The molecule has 2 saturated heterocycles. The number of piperazine rings is 1. The second-order valence-electron chi connectivity index (χ2n) is 7.76. The van der Waals surface area contributed by atoms with Crippen molar-refractivity contribution in [2.45, 2.75) is 20.3 Å². The molecule has 3 amide bonds. The first kappa shape index (κ1) is 20.9. The number of hydrogen-bond donors (Lipinski definition) is 0. The first-order valence-electron chi connectivity index (χ1n) is 10.5. The Balaban J connectivity index is 1.37. The van der Waals surface area contributed by atoms with E-state index in [2.05, 4.69) is 5.16 Å². The molecule has 1 aromatic carbocycles. The zero-order chi connectivity index (χ0) is 22.0. The number of ether oxygens (including phenoxy) is 1. The van der Waals surface area contributed by atoms with E-state index in [1.807, 2.05) is 31.2 Å². The Morgan fingerprint density at radius 2 is 1.87 bits per heavy atom. The lowest BCUT2D eigenvalue weighted by atomic mass is 10.1. The average Bonchev–Trinajstić information content (AvgIpc) is 3.39. The molecule has 1 aromatic heterocycles. The molecule has 9 heteroatoms. The summed E-state index contributed by atoms with van der Waals surface area (Å²) in [6.45, 7) is 6.18. The SMILES string of the molecule is CCOc1ccccc1N1CC(C(=O)N2CCN(C(=O)c3cc(C)no3)CC2)CC1=O. The number of nitrogens with zero attached hydrogens (tertiary/aromatic N) is 4. The average molecular weight is 426 g/mol. The van der Waals surface area contributed by atoms with Gasteiger partial charge in [-0.05, 0) is 26.0 Å². The molecule has 9 nitrogen and oxygen atoms in total. The predicted octanol–water partition coefficient (Wildman–Crippen LogP) is 1.72. The second kappa shape index (κ2) is 8.79. The zero-order valence-electron chi connectivity index (χ0n) is 17.7. The van der Waals surface area contributed by atoms with Crippen LogP contribution in [0.15, 0.2) is 34.9 Å². The molecule has 0 N–H and O–H groups in total. The van der Waals surface area contributed by atoms with Crippen LogP contribution in [0.2, 0.25) is 0 Å². The number of hydrogen-bond acceptors (Lipinski definition) is 6. The summed E-state index contributed by atoms with van der Waals surface area (Å²) in [4.78, 5) is 43.3.